The molecule has 1 amide bonds. The normalized spacial score (nSPS) is 16.0. The van der Waals surface area contributed by atoms with Crippen LogP contribution in [-0.2, 0) is 27.5 Å². The Balaban J connectivity index is 1.61. The summed E-state index contributed by atoms with van der Waals surface area (Å²) in [6, 6.07) is 11.9. The third-order valence-corrected chi connectivity index (χ3v) is 7.49. The van der Waals surface area contributed by atoms with E-state index in [1.807, 2.05) is 43.3 Å². The van der Waals surface area contributed by atoms with E-state index < -0.39 is 32.6 Å². The number of carbonyl (C=O) groups excluding carboxylic acids is 1. The van der Waals surface area contributed by atoms with Gasteiger partial charge in [0.05, 0.1) is 10.5 Å². The number of alkyl halides is 3. The van der Waals surface area contributed by atoms with Crippen LogP contribution in [0.15, 0.2) is 53.4 Å². The van der Waals surface area contributed by atoms with Crippen LogP contribution in [0.5, 0.6) is 0 Å². The lowest BCUT2D eigenvalue weighted by atomic mass is 9.97. The molecule has 1 aliphatic heterocycles. The van der Waals surface area contributed by atoms with Gasteiger partial charge in [0, 0.05) is 45.3 Å². The van der Waals surface area contributed by atoms with E-state index in [1.54, 1.807) is 0 Å². The second-order valence-corrected chi connectivity index (χ2v) is 9.86. The first-order valence-electron chi connectivity index (χ1n) is 10.2. The summed E-state index contributed by atoms with van der Waals surface area (Å²) in [5.41, 5.74) is 0.766. The number of nitrogens with one attached hydrogen (secondary N) is 1. The molecule has 3 rings (SSSR count). The molecule has 2 aromatic rings. The van der Waals surface area contributed by atoms with Crippen LogP contribution >= 0.6 is 0 Å². The van der Waals surface area contributed by atoms with Crippen molar-refractivity contribution in [3.8, 4) is 0 Å². The number of piperidine rings is 1. The topological polar surface area (TPSA) is 69.7 Å². The number of hydrogen-bond acceptors (Lipinski definition) is 4. The van der Waals surface area contributed by atoms with Gasteiger partial charge in [0.1, 0.15) is 0 Å². The van der Waals surface area contributed by atoms with E-state index in [1.165, 1.54) is 6.07 Å². The number of carbonyl (C=O) groups is 1. The molecule has 0 aliphatic carbocycles. The highest BCUT2D eigenvalue weighted by atomic mass is 32.2. The van der Waals surface area contributed by atoms with Crippen molar-refractivity contribution in [1.82, 2.24) is 9.62 Å². The van der Waals surface area contributed by atoms with Crippen LogP contribution in [0.25, 0.3) is 0 Å². The smallest absolute Gasteiger partial charge is 0.378 e. The van der Waals surface area contributed by atoms with Gasteiger partial charge in [0.25, 0.3) is 0 Å². The maximum atomic E-state index is 13.3. The minimum Gasteiger partial charge on any atom is -0.378 e. The third kappa shape index (κ3) is 5.42. The summed E-state index contributed by atoms with van der Waals surface area (Å²) in [7, 11) is -0.470. The number of sulfonamides is 1. The first kappa shape index (κ1) is 24.1. The average molecular weight is 470 g/mol. The van der Waals surface area contributed by atoms with Gasteiger partial charge in [-0.05, 0) is 42.7 Å². The summed E-state index contributed by atoms with van der Waals surface area (Å²) < 4.78 is 66.5. The second-order valence-electron chi connectivity index (χ2n) is 7.95. The van der Waals surface area contributed by atoms with Crippen molar-refractivity contribution in [2.75, 3.05) is 32.1 Å². The molecule has 0 saturated carbocycles. The van der Waals surface area contributed by atoms with E-state index in [0.29, 0.717) is 6.54 Å². The first-order chi connectivity index (χ1) is 15.0. The minimum atomic E-state index is -4.77. The molecule has 0 aromatic heterocycles. The summed E-state index contributed by atoms with van der Waals surface area (Å²) in [6.45, 7) is 0.323. The van der Waals surface area contributed by atoms with Crippen LogP contribution in [0.2, 0.25) is 0 Å². The zero-order chi connectivity index (χ0) is 23.5. The molecule has 1 aliphatic rings. The monoisotopic (exact) mass is 469 g/mol. The van der Waals surface area contributed by atoms with Crippen molar-refractivity contribution in [1.29, 1.82) is 0 Å². The van der Waals surface area contributed by atoms with Crippen molar-refractivity contribution in [2.45, 2.75) is 30.5 Å². The van der Waals surface area contributed by atoms with Crippen LogP contribution < -0.4 is 10.2 Å². The number of amides is 1. The Labute approximate surface area is 186 Å². The molecule has 0 unspecified atom stereocenters. The predicted molar refractivity (Wildman–Crippen MR) is 116 cm³/mol. The predicted octanol–water partition coefficient (Wildman–Crippen LogP) is 3.49. The molecule has 0 spiro atoms. The lowest BCUT2D eigenvalue weighted by Crippen LogP contribution is -2.43. The Hall–Kier alpha value is -2.59. The van der Waals surface area contributed by atoms with Crippen LogP contribution in [0.1, 0.15) is 24.0 Å². The molecule has 174 valence electrons. The molecule has 0 bridgehead atoms. The Kier molecular flexibility index (Phi) is 7.14. The quantitative estimate of drug-likeness (QED) is 0.703. The van der Waals surface area contributed by atoms with Gasteiger partial charge in [-0.1, -0.05) is 24.3 Å². The zero-order valence-electron chi connectivity index (χ0n) is 17.9. The molecule has 1 saturated heterocycles. The maximum Gasteiger partial charge on any atom is 0.417 e. The van der Waals surface area contributed by atoms with E-state index in [-0.39, 0.29) is 31.8 Å². The number of rotatable bonds is 6. The fourth-order valence-corrected chi connectivity index (χ4v) is 5.38. The molecule has 2 aromatic carbocycles. The van der Waals surface area contributed by atoms with Gasteiger partial charge in [-0.25, -0.2) is 8.42 Å². The molecule has 6 nitrogen and oxygen atoms in total. The zero-order valence-corrected chi connectivity index (χ0v) is 18.7. The standard InChI is InChI=1S/C22H26F3N3O3S/c1-27(2)18-7-5-6-16(14-18)15-26-21(29)17-10-12-28(13-11-17)32(30,31)20-9-4-3-8-19(20)22(23,24)25/h3-9,14,17H,10-13,15H2,1-2H3,(H,26,29). The molecular formula is C22H26F3N3O3S. The second kappa shape index (κ2) is 9.50. The average Bonchev–Trinajstić information content (AvgIpc) is 2.77. The van der Waals surface area contributed by atoms with Crippen LogP contribution in [0.4, 0.5) is 18.9 Å². The van der Waals surface area contributed by atoms with Gasteiger partial charge in [0.15, 0.2) is 0 Å². The maximum absolute atomic E-state index is 13.3. The summed E-state index contributed by atoms with van der Waals surface area (Å²) in [5, 5.41) is 2.87. The van der Waals surface area contributed by atoms with E-state index >= 15 is 0 Å². The van der Waals surface area contributed by atoms with Crippen molar-refractivity contribution >= 4 is 21.6 Å². The SMILES string of the molecule is CN(C)c1cccc(CNC(=O)C2CCN(S(=O)(=O)c3ccccc3C(F)(F)F)CC2)c1. The van der Waals surface area contributed by atoms with E-state index in [0.717, 1.165) is 33.8 Å². The van der Waals surface area contributed by atoms with Crippen molar-refractivity contribution in [3.05, 3.63) is 59.7 Å². The van der Waals surface area contributed by atoms with Crippen molar-refractivity contribution in [3.63, 3.8) is 0 Å². The Morgan fingerprint density at radius 3 is 2.38 bits per heavy atom. The minimum absolute atomic E-state index is 0.0112. The van der Waals surface area contributed by atoms with Crippen LogP contribution in [0, 0.1) is 5.92 Å². The highest BCUT2D eigenvalue weighted by molar-refractivity contribution is 7.89. The van der Waals surface area contributed by atoms with E-state index in [2.05, 4.69) is 5.32 Å². The Bertz CT molecular complexity index is 1060. The summed E-state index contributed by atoms with van der Waals surface area (Å²) >= 11 is 0. The van der Waals surface area contributed by atoms with Gasteiger partial charge >= 0.3 is 6.18 Å². The molecular weight excluding hydrogens is 443 g/mol. The van der Waals surface area contributed by atoms with Crippen LogP contribution in [0.3, 0.4) is 0 Å². The largest absolute Gasteiger partial charge is 0.417 e. The van der Waals surface area contributed by atoms with Gasteiger partial charge in [-0.2, -0.15) is 17.5 Å². The molecule has 0 radical (unpaired) electrons. The third-order valence-electron chi connectivity index (χ3n) is 5.53. The molecule has 0 atom stereocenters. The van der Waals surface area contributed by atoms with Gasteiger partial charge < -0.3 is 10.2 Å². The highest BCUT2D eigenvalue weighted by Crippen LogP contribution is 2.36. The first-order valence-corrected chi connectivity index (χ1v) is 11.6. The fraction of sp³-hybridized carbons (Fsp3) is 0.409. The lowest BCUT2D eigenvalue weighted by Gasteiger charge is -2.31. The molecule has 32 heavy (non-hydrogen) atoms. The molecule has 1 N–H and O–H groups in total. The number of hydrogen-bond donors (Lipinski definition) is 1. The Morgan fingerprint density at radius 2 is 1.75 bits per heavy atom. The van der Waals surface area contributed by atoms with Gasteiger partial charge in [0.2, 0.25) is 15.9 Å². The molecule has 10 heteroatoms. The molecule has 1 fully saturated rings. The number of halogens is 3. The van der Waals surface area contributed by atoms with Crippen LogP contribution in [-0.4, -0.2) is 45.8 Å². The number of nitrogens with zero attached hydrogens (tertiary/aromatic N) is 2. The number of benzene rings is 2. The van der Waals surface area contributed by atoms with Gasteiger partial charge in [-0.3, -0.25) is 4.79 Å². The van der Waals surface area contributed by atoms with Gasteiger partial charge in [-0.15, -0.1) is 0 Å². The summed E-state index contributed by atoms with van der Waals surface area (Å²) in [4.78, 5) is 13.8. The lowest BCUT2D eigenvalue weighted by molar-refractivity contribution is -0.139. The Morgan fingerprint density at radius 1 is 1.09 bits per heavy atom. The number of anilines is 1. The van der Waals surface area contributed by atoms with Crippen molar-refractivity contribution in [2.24, 2.45) is 5.92 Å². The fourth-order valence-electron chi connectivity index (χ4n) is 3.70. The van der Waals surface area contributed by atoms with E-state index in [9.17, 15) is 26.4 Å². The summed E-state index contributed by atoms with van der Waals surface area (Å²) in [5.74, 6) is -0.579. The van der Waals surface area contributed by atoms with Crippen molar-refractivity contribution < 1.29 is 26.4 Å². The molecule has 1 heterocycles. The van der Waals surface area contributed by atoms with E-state index in [4.69, 9.17) is 0 Å². The summed E-state index contributed by atoms with van der Waals surface area (Å²) in [6.07, 6.45) is -4.28. The highest BCUT2D eigenvalue weighted by Gasteiger charge is 2.40.